The predicted molar refractivity (Wildman–Crippen MR) is 101 cm³/mol. The third-order valence-corrected chi connectivity index (χ3v) is 5.73. The molecule has 0 radical (unpaired) electrons. The fourth-order valence-corrected chi connectivity index (χ4v) is 4.44. The van der Waals surface area contributed by atoms with Crippen LogP contribution in [-0.4, -0.2) is 44.8 Å². The number of aromatic nitrogens is 2. The van der Waals surface area contributed by atoms with Crippen LogP contribution in [0.1, 0.15) is 47.9 Å². The molecule has 2 aliphatic rings. The van der Waals surface area contributed by atoms with Gasteiger partial charge in [0.2, 0.25) is 0 Å². The number of likely N-dealkylation sites (tertiary alicyclic amines) is 1. The lowest BCUT2D eigenvalue weighted by Crippen LogP contribution is -2.46. The Balaban J connectivity index is 1.71. The van der Waals surface area contributed by atoms with Crippen molar-refractivity contribution in [3.8, 4) is 5.69 Å². The summed E-state index contributed by atoms with van der Waals surface area (Å²) in [5, 5.41) is 14.0. The number of carbonyl (C=O) groups is 2. The minimum Gasteiger partial charge on any atom is -0.481 e. The summed E-state index contributed by atoms with van der Waals surface area (Å²) in [5.41, 5.74) is 2.87. The lowest BCUT2D eigenvalue weighted by molar-refractivity contribution is -0.143. The van der Waals surface area contributed by atoms with Crippen LogP contribution in [0.3, 0.4) is 0 Å². The number of aliphatic carboxylic acids is 1. The van der Waals surface area contributed by atoms with Crippen LogP contribution >= 0.6 is 0 Å². The molecule has 0 bridgehead atoms. The highest BCUT2D eigenvalue weighted by atomic mass is 19.1. The van der Waals surface area contributed by atoms with E-state index in [1.54, 1.807) is 21.7 Å². The standard InChI is InChI=1S/C21H24FN3O3/c1-13-9-14(21(27)28)12-24(11-13)20(26)19-17-7-2-3-8-18(17)25(23-19)16-6-4-5-15(22)10-16/h4-6,10,13-14H,2-3,7-9,11-12H2,1H3,(H,27,28). The number of hydrogen-bond donors (Lipinski definition) is 1. The van der Waals surface area contributed by atoms with Crippen molar-refractivity contribution in [2.24, 2.45) is 11.8 Å². The molecule has 1 amide bonds. The van der Waals surface area contributed by atoms with E-state index in [1.165, 1.54) is 12.1 Å². The van der Waals surface area contributed by atoms with Crippen molar-refractivity contribution >= 4 is 11.9 Å². The van der Waals surface area contributed by atoms with Crippen LogP contribution in [0.15, 0.2) is 24.3 Å². The number of nitrogens with zero attached hydrogens (tertiary/aromatic N) is 3. The van der Waals surface area contributed by atoms with Crippen LogP contribution in [0.5, 0.6) is 0 Å². The maximum Gasteiger partial charge on any atom is 0.308 e. The largest absolute Gasteiger partial charge is 0.481 e. The second kappa shape index (κ2) is 7.37. The Morgan fingerprint density at radius 1 is 1.21 bits per heavy atom. The minimum absolute atomic E-state index is 0.125. The number of amides is 1. The van der Waals surface area contributed by atoms with Crippen molar-refractivity contribution in [3.63, 3.8) is 0 Å². The fraction of sp³-hybridized carbons (Fsp3) is 0.476. The van der Waals surface area contributed by atoms with Gasteiger partial charge in [0.05, 0.1) is 11.6 Å². The first kappa shape index (κ1) is 18.7. The van der Waals surface area contributed by atoms with Gasteiger partial charge in [-0.25, -0.2) is 9.07 Å². The van der Waals surface area contributed by atoms with Gasteiger partial charge in [0.25, 0.3) is 5.91 Å². The summed E-state index contributed by atoms with van der Waals surface area (Å²) in [4.78, 5) is 26.4. The van der Waals surface area contributed by atoms with E-state index in [1.807, 2.05) is 6.92 Å². The Hall–Kier alpha value is -2.70. The van der Waals surface area contributed by atoms with Gasteiger partial charge >= 0.3 is 5.97 Å². The van der Waals surface area contributed by atoms with Gasteiger partial charge in [0.1, 0.15) is 5.82 Å². The average Bonchev–Trinajstić information content (AvgIpc) is 3.06. The van der Waals surface area contributed by atoms with Crippen LogP contribution in [0.2, 0.25) is 0 Å². The van der Waals surface area contributed by atoms with Gasteiger partial charge in [0.15, 0.2) is 5.69 Å². The first-order valence-corrected chi connectivity index (χ1v) is 9.83. The Morgan fingerprint density at radius 3 is 2.75 bits per heavy atom. The first-order chi connectivity index (χ1) is 13.4. The molecule has 7 heteroatoms. The number of hydrogen-bond acceptors (Lipinski definition) is 3. The second-order valence-electron chi connectivity index (χ2n) is 7.96. The zero-order valence-electron chi connectivity index (χ0n) is 15.9. The molecule has 2 heterocycles. The van der Waals surface area contributed by atoms with E-state index < -0.39 is 11.9 Å². The number of halogens is 1. The molecule has 28 heavy (non-hydrogen) atoms. The van der Waals surface area contributed by atoms with Gasteiger partial charge in [-0.3, -0.25) is 9.59 Å². The van der Waals surface area contributed by atoms with Crippen molar-refractivity contribution in [2.75, 3.05) is 13.1 Å². The number of benzene rings is 1. The highest BCUT2D eigenvalue weighted by molar-refractivity contribution is 5.94. The summed E-state index contributed by atoms with van der Waals surface area (Å²) in [6, 6.07) is 6.21. The maximum absolute atomic E-state index is 13.7. The van der Waals surface area contributed by atoms with E-state index in [4.69, 9.17) is 0 Å². The fourth-order valence-electron chi connectivity index (χ4n) is 4.44. The predicted octanol–water partition coefficient (Wildman–Crippen LogP) is 3.07. The minimum atomic E-state index is -0.864. The second-order valence-corrected chi connectivity index (χ2v) is 7.96. The molecule has 1 saturated heterocycles. The third-order valence-electron chi connectivity index (χ3n) is 5.73. The van der Waals surface area contributed by atoms with Crippen LogP contribution in [-0.2, 0) is 17.6 Å². The van der Waals surface area contributed by atoms with Crippen LogP contribution < -0.4 is 0 Å². The SMILES string of the molecule is CC1CC(C(=O)O)CN(C(=O)c2nn(-c3cccc(F)c3)c3c2CCCC3)C1. The lowest BCUT2D eigenvalue weighted by Gasteiger charge is -2.34. The molecular weight excluding hydrogens is 361 g/mol. The summed E-state index contributed by atoms with van der Waals surface area (Å²) in [6.07, 6.45) is 4.12. The molecule has 6 nitrogen and oxygen atoms in total. The number of rotatable bonds is 3. The smallest absolute Gasteiger partial charge is 0.308 e. The van der Waals surface area contributed by atoms with Crippen molar-refractivity contribution in [3.05, 3.63) is 47.0 Å². The first-order valence-electron chi connectivity index (χ1n) is 9.83. The summed E-state index contributed by atoms with van der Waals surface area (Å²) >= 11 is 0. The molecule has 1 aromatic heterocycles. The molecule has 2 atom stereocenters. The van der Waals surface area contributed by atoms with E-state index in [9.17, 15) is 19.1 Å². The van der Waals surface area contributed by atoms with Crippen molar-refractivity contribution < 1.29 is 19.1 Å². The normalized spacial score (nSPS) is 22.0. The van der Waals surface area contributed by atoms with Crippen molar-refractivity contribution in [1.82, 2.24) is 14.7 Å². The highest BCUT2D eigenvalue weighted by Gasteiger charge is 2.35. The molecule has 1 N–H and O–H groups in total. The number of carbonyl (C=O) groups excluding carboxylic acids is 1. The lowest BCUT2D eigenvalue weighted by atomic mass is 9.89. The van der Waals surface area contributed by atoms with Gasteiger partial charge in [-0.05, 0) is 56.2 Å². The summed E-state index contributed by atoms with van der Waals surface area (Å²) in [6.45, 7) is 2.71. The molecule has 1 fully saturated rings. The number of piperidine rings is 1. The molecule has 2 aromatic rings. The van der Waals surface area contributed by atoms with E-state index in [2.05, 4.69) is 5.10 Å². The summed E-state index contributed by atoms with van der Waals surface area (Å²) in [5.74, 6) is -1.85. The molecule has 1 aromatic carbocycles. The number of carboxylic acid groups (broad SMARTS) is 1. The van der Waals surface area contributed by atoms with E-state index >= 15 is 0 Å². The van der Waals surface area contributed by atoms with Gasteiger partial charge < -0.3 is 10.0 Å². The third kappa shape index (κ3) is 3.41. The molecule has 1 aliphatic heterocycles. The monoisotopic (exact) mass is 385 g/mol. The van der Waals surface area contributed by atoms with Crippen molar-refractivity contribution in [1.29, 1.82) is 0 Å². The Kier molecular flexibility index (Phi) is 4.91. The zero-order chi connectivity index (χ0) is 19.8. The molecule has 1 aliphatic carbocycles. The van der Waals surface area contributed by atoms with Crippen LogP contribution in [0.25, 0.3) is 5.69 Å². The topological polar surface area (TPSA) is 75.4 Å². The van der Waals surface area contributed by atoms with Gasteiger partial charge in [-0.1, -0.05) is 13.0 Å². The van der Waals surface area contributed by atoms with Gasteiger partial charge in [0, 0.05) is 24.3 Å². The number of carboxylic acids is 1. The van der Waals surface area contributed by atoms with E-state index in [-0.39, 0.29) is 24.2 Å². The molecule has 2 unspecified atom stereocenters. The van der Waals surface area contributed by atoms with Gasteiger partial charge in [-0.2, -0.15) is 5.10 Å². The van der Waals surface area contributed by atoms with Gasteiger partial charge in [-0.15, -0.1) is 0 Å². The highest BCUT2D eigenvalue weighted by Crippen LogP contribution is 2.30. The quantitative estimate of drug-likeness (QED) is 0.881. The number of fused-ring (bicyclic) bond motifs is 1. The molecular formula is C21H24FN3O3. The molecule has 148 valence electrons. The Morgan fingerprint density at radius 2 is 2.00 bits per heavy atom. The van der Waals surface area contributed by atoms with Crippen LogP contribution in [0, 0.1) is 17.7 Å². The molecule has 4 rings (SSSR count). The zero-order valence-corrected chi connectivity index (χ0v) is 15.9. The van der Waals surface area contributed by atoms with Crippen molar-refractivity contribution in [2.45, 2.75) is 39.0 Å². The Labute approximate surface area is 163 Å². The maximum atomic E-state index is 13.7. The van der Waals surface area contributed by atoms with Crippen LogP contribution in [0.4, 0.5) is 4.39 Å². The average molecular weight is 385 g/mol. The van der Waals surface area contributed by atoms with E-state index in [0.29, 0.717) is 24.3 Å². The summed E-state index contributed by atoms with van der Waals surface area (Å²) < 4.78 is 15.4. The Bertz CT molecular complexity index is 924. The van der Waals surface area contributed by atoms with E-state index in [0.717, 1.165) is 36.9 Å². The molecule has 0 spiro atoms. The summed E-state index contributed by atoms with van der Waals surface area (Å²) in [7, 11) is 0. The molecule has 0 saturated carbocycles.